The topological polar surface area (TPSA) is 104 Å². The van der Waals surface area contributed by atoms with Gasteiger partial charge < -0.3 is 11.5 Å². The van der Waals surface area contributed by atoms with Gasteiger partial charge in [0.15, 0.2) is 5.15 Å². The first-order valence-corrected chi connectivity index (χ1v) is 6.78. The number of allylic oxidation sites excluding steroid dienone is 2. The fourth-order valence-electron chi connectivity index (χ4n) is 1.54. The van der Waals surface area contributed by atoms with Crippen molar-refractivity contribution in [2.24, 2.45) is 0 Å². The molecule has 4 N–H and O–H groups in total. The van der Waals surface area contributed by atoms with Gasteiger partial charge in [-0.1, -0.05) is 24.8 Å². The van der Waals surface area contributed by atoms with Gasteiger partial charge in [-0.2, -0.15) is 0 Å². The van der Waals surface area contributed by atoms with Crippen molar-refractivity contribution >= 4 is 34.1 Å². The maximum atomic E-state index is 5.70. The van der Waals surface area contributed by atoms with Crippen LogP contribution >= 0.6 is 11.6 Å². The Morgan fingerprint density at radius 3 is 1.77 bits per heavy atom. The van der Waals surface area contributed by atoms with Gasteiger partial charge in [-0.05, 0) is 31.9 Å². The number of nitrogens with two attached hydrogens (primary N) is 2. The maximum absolute atomic E-state index is 5.70. The molecular formula is C15H19ClN6. The van der Waals surface area contributed by atoms with Gasteiger partial charge in [0.2, 0.25) is 0 Å². The van der Waals surface area contributed by atoms with Gasteiger partial charge in [-0.3, -0.25) is 0 Å². The van der Waals surface area contributed by atoms with Crippen LogP contribution in [-0.4, -0.2) is 19.9 Å². The number of aryl methyl sites for hydroxylation is 1. The third kappa shape index (κ3) is 4.26. The van der Waals surface area contributed by atoms with Crippen LogP contribution < -0.4 is 11.5 Å². The molecule has 2 aromatic heterocycles. The summed E-state index contributed by atoms with van der Waals surface area (Å²) >= 11 is 5.64. The molecule has 0 fully saturated rings. The predicted octanol–water partition coefficient (Wildman–Crippen LogP) is 3.15. The lowest BCUT2D eigenvalue weighted by Gasteiger charge is -2.04. The molecule has 0 aromatic carbocycles. The summed E-state index contributed by atoms with van der Waals surface area (Å²) in [6, 6.07) is 0. The first-order valence-electron chi connectivity index (χ1n) is 6.40. The second-order valence-corrected chi connectivity index (χ2v) is 5.07. The molecule has 2 aromatic rings. The Morgan fingerprint density at radius 1 is 0.909 bits per heavy atom. The van der Waals surface area contributed by atoms with Crippen molar-refractivity contribution in [3.8, 4) is 0 Å². The second kappa shape index (κ2) is 7.51. The Kier molecular flexibility index (Phi) is 6.00. The van der Waals surface area contributed by atoms with E-state index < -0.39 is 0 Å². The molecule has 0 aliphatic carbocycles. The van der Waals surface area contributed by atoms with Crippen LogP contribution in [-0.2, 0) is 0 Å². The first kappa shape index (κ1) is 17.6. The minimum absolute atomic E-state index is 0.276. The molecule has 2 heterocycles. The van der Waals surface area contributed by atoms with Crippen LogP contribution in [0.2, 0.25) is 5.15 Å². The van der Waals surface area contributed by atoms with E-state index in [1.165, 1.54) is 12.7 Å². The zero-order valence-corrected chi connectivity index (χ0v) is 13.6. The average molecular weight is 319 g/mol. The van der Waals surface area contributed by atoms with Crippen LogP contribution in [0.15, 0.2) is 25.8 Å². The molecule has 0 amide bonds. The summed E-state index contributed by atoms with van der Waals surface area (Å²) in [5.41, 5.74) is 16.1. The Bertz CT molecular complexity index is 650. The number of nitrogens with zero attached hydrogens (tertiary/aromatic N) is 4. The van der Waals surface area contributed by atoms with E-state index in [2.05, 4.69) is 33.1 Å². The van der Waals surface area contributed by atoms with Gasteiger partial charge >= 0.3 is 0 Å². The van der Waals surface area contributed by atoms with Crippen molar-refractivity contribution in [1.29, 1.82) is 0 Å². The van der Waals surface area contributed by atoms with Gasteiger partial charge in [0.05, 0.1) is 28.5 Å². The molecule has 7 heteroatoms. The van der Waals surface area contributed by atoms with Crippen molar-refractivity contribution < 1.29 is 0 Å². The van der Waals surface area contributed by atoms with Gasteiger partial charge in [-0.25, -0.2) is 19.9 Å². The first-order chi connectivity index (χ1) is 10.3. The molecule has 0 atom stereocenters. The largest absolute Gasteiger partial charge is 0.395 e. The number of hydrogen-bond acceptors (Lipinski definition) is 6. The highest BCUT2D eigenvalue weighted by Crippen LogP contribution is 2.22. The van der Waals surface area contributed by atoms with E-state index in [-0.39, 0.29) is 5.15 Å². The number of nitrogen functional groups attached to an aromatic ring is 2. The highest BCUT2D eigenvalue weighted by molar-refractivity contribution is 6.32. The summed E-state index contributed by atoms with van der Waals surface area (Å²) in [7, 11) is 0. The number of hydrogen-bond donors (Lipinski definition) is 2. The highest BCUT2D eigenvalue weighted by Gasteiger charge is 2.05. The summed E-state index contributed by atoms with van der Waals surface area (Å²) < 4.78 is 0. The van der Waals surface area contributed by atoms with Crippen LogP contribution in [0.25, 0.3) is 11.1 Å². The zero-order valence-electron chi connectivity index (χ0n) is 12.9. The molecular weight excluding hydrogens is 300 g/mol. The van der Waals surface area contributed by atoms with Crippen molar-refractivity contribution in [2.45, 2.75) is 20.8 Å². The molecule has 6 nitrogen and oxygen atoms in total. The fourth-order valence-corrected chi connectivity index (χ4v) is 1.67. The summed E-state index contributed by atoms with van der Waals surface area (Å²) in [6.45, 7) is 13.0. The molecule has 0 aliphatic heterocycles. The Hall–Kier alpha value is -2.47. The van der Waals surface area contributed by atoms with Gasteiger partial charge in [0.25, 0.3) is 0 Å². The third-order valence-corrected chi connectivity index (χ3v) is 3.03. The molecule has 0 bridgehead atoms. The highest BCUT2D eigenvalue weighted by atomic mass is 35.5. The molecule has 22 heavy (non-hydrogen) atoms. The molecule has 0 saturated carbocycles. The smallest absolute Gasteiger partial charge is 0.155 e. The van der Waals surface area contributed by atoms with Gasteiger partial charge in [0.1, 0.15) is 12.7 Å². The van der Waals surface area contributed by atoms with Crippen molar-refractivity contribution in [3.63, 3.8) is 0 Å². The molecule has 0 spiro atoms. The standard InChI is InChI=1S/C8H11N3.C7H8ClN3/c1-5(2)8-7(9)6(3)10-4-11-8;1-4(2)6-5(9)7(8)11-3-10-6/h4H,1,9H2,2-3H3;3H,1,9H2,2H3. The van der Waals surface area contributed by atoms with Gasteiger partial charge in [0, 0.05) is 0 Å². The summed E-state index contributed by atoms with van der Waals surface area (Å²) in [5, 5.41) is 0.276. The van der Waals surface area contributed by atoms with E-state index in [1.807, 2.05) is 20.8 Å². The van der Waals surface area contributed by atoms with Crippen LogP contribution in [0, 0.1) is 6.92 Å². The van der Waals surface area contributed by atoms with Crippen LogP contribution in [0.5, 0.6) is 0 Å². The molecule has 2 rings (SSSR count). The Labute approximate surface area is 135 Å². The second-order valence-electron chi connectivity index (χ2n) is 4.71. The quantitative estimate of drug-likeness (QED) is 0.824. The van der Waals surface area contributed by atoms with Gasteiger partial charge in [-0.15, -0.1) is 0 Å². The SMILES string of the molecule is C=C(C)c1ncnc(C)c1N.C=C(C)c1ncnc(Cl)c1N. The van der Waals surface area contributed by atoms with E-state index in [1.54, 1.807) is 0 Å². The Balaban J connectivity index is 0.000000220. The summed E-state index contributed by atoms with van der Waals surface area (Å²) in [5.74, 6) is 0. The summed E-state index contributed by atoms with van der Waals surface area (Å²) in [4.78, 5) is 15.6. The average Bonchev–Trinajstić information content (AvgIpc) is 2.45. The number of rotatable bonds is 2. The number of aromatic nitrogens is 4. The van der Waals surface area contributed by atoms with Crippen LogP contribution in [0.1, 0.15) is 30.9 Å². The third-order valence-electron chi connectivity index (χ3n) is 2.73. The molecule has 0 unspecified atom stereocenters. The van der Waals surface area contributed by atoms with E-state index in [0.29, 0.717) is 17.1 Å². The minimum atomic E-state index is 0.276. The predicted molar refractivity (Wildman–Crippen MR) is 92.1 cm³/mol. The lowest BCUT2D eigenvalue weighted by atomic mass is 10.2. The van der Waals surface area contributed by atoms with Crippen molar-refractivity contribution in [3.05, 3.63) is 48.0 Å². The normalized spacial score (nSPS) is 9.64. The number of halogens is 1. The number of anilines is 2. The molecule has 0 saturated heterocycles. The lowest BCUT2D eigenvalue weighted by molar-refractivity contribution is 1.09. The minimum Gasteiger partial charge on any atom is -0.395 e. The Morgan fingerprint density at radius 2 is 1.36 bits per heavy atom. The zero-order chi connectivity index (χ0) is 16.9. The van der Waals surface area contributed by atoms with E-state index in [9.17, 15) is 0 Å². The van der Waals surface area contributed by atoms with E-state index in [4.69, 9.17) is 23.1 Å². The monoisotopic (exact) mass is 318 g/mol. The van der Waals surface area contributed by atoms with Crippen LogP contribution in [0.4, 0.5) is 11.4 Å². The van der Waals surface area contributed by atoms with E-state index >= 15 is 0 Å². The maximum Gasteiger partial charge on any atom is 0.155 e. The molecule has 116 valence electrons. The van der Waals surface area contributed by atoms with Crippen molar-refractivity contribution in [2.75, 3.05) is 11.5 Å². The van der Waals surface area contributed by atoms with E-state index in [0.717, 1.165) is 22.5 Å². The molecule has 0 radical (unpaired) electrons. The lowest BCUT2D eigenvalue weighted by Crippen LogP contribution is -2.00. The fraction of sp³-hybridized carbons (Fsp3) is 0.200. The summed E-state index contributed by atoms with van der Waals surface area (Å²) in [6.07, 6.45) is 2.86. The van der Waals surface area contributed by atoms with Crippen molar-refractivity contribution in [1.82, 2.24) is 19.9 Å². The van der Waals surface area contributed by atoms with Crippen LogP contribution in [0.3, 0.4) is 0 Å². The molecule has 0 aliphatic rings.